The maximum atomic E-state index is 13.0. The molecule has 0 saturated carbocycles. The lowest BCUT2D eigenvalue weighted by Gasteiger charge is -2.07. The Labute approximate surface area is 152 Å². The van der Waals surface area contributed by atoms with Crippen LogP contribution in [0.3, 0.4) is 0 Å². The van der Waals surface area contributed by atoms with Gasteiger partial charge in [0.25, 0.3) is 0 Å². The Morgan fingerprint density at radius 3 is 1.88 bits per heavy atom. The van der Waals surface area contributed by atoms with Crippen molar-refractivity contribution in [2.24, 2.45) is 0 Å². The van der Waals surface area contributed by atoms with Gasteiger partial charge >= 0.3 is 5.97 Å². The summed E-state index contributed by atoms with van der Waals surface area (Å²) in [7, 11) is 0. The van der Waals surface area contributed by atoms with Crippen molar-refractivity contribution in [2.45, 2.75) is 0 Å². The van der Waals surface area contributed by atoms with Crippen LogP contribution in [0.4, 0.5) is 8.78 Å². The number of benzene rings is 3. The van der Waals surface area contributed by atoms with Crippen molar-refractivity contribution < 1.29 is 23.1 Å². The zero-order valence-corrected chi connectivity index (χ0v) is 14.0. The minimum Gasteiger partial charge on any atom is -0.423 e. The summed E-state index contributed by atoms with van der Waals surface area (Å²) >= 11 is 5.82. The molecule has 0 aliphatic heterocycles. The minimum absolute atomic E-state index is 0.0273. The third kappa shape index (κ3) is 3.95. The quantitative estimate of drug-likeness (QED) is 0.365. The van der Waals surface area contributed by atoms with E-state index in [1.165, 1.54) is 54.6 Å². The average Bonchev–Trinajstić information content (AvgIpc) is 2.62. The molecule has 0 fully saturated rings. The molecule has 0 aliphatic rings. The van der Waals surface area contributed by atoms with Gasteiger partial charge in [-0.05, 0) is 66.7 Å². The van der Waals surface area contributed by atoms with E-state index in [4.69, 9.17) is 16.3 Å². The fourth-order valence-corrected chi connectivity index (χ4v) is 2.50. The van der Waals surface area contributed by atoms with E-state index in [1.807, 2.05) is 0 Å². The van der Waals surface area contributed by atoms with E-state index >= 15 is 0 Å². The molecule has 3 rings (SSSR count). The molecule has 6 heteroatoms. The molecule has 0 aliphatic carbocycles. The van der Waals surface area contributed by atoms with Gasteiger partial charge in [-0.3, -0.25) is 4.79 Å². The number of hydrogen-bond donors (Lipinski definition) is 0. The van der Waals surface area contributed by atoms with Crippen LogP contribution in [0.5, 0.6) is 5.75 Å². The van der Waals surface area contributed by atoms with Crippen molar-refractivity contribution in [1.82, 2.24) is 0 Å². The highest BCUT2D eigenvalue weighted by Gasteiger charge is 2.14. The maximum absolute atomic E-state index is 13.0. The number of rotatable bonds is 4. The summed E-state index contributed by atoms with van der Waals surface area (Å²) in [6.07, 6.45) is 0. The van der Waals surface area contributed by atoms with Gasteiger partial charge in [0.05, 0.1) is 10.6 Å². The number of halogens is 3. The zero-order chi connectivity index (χ0) is 18.7. The van der Waals surface area contributed by atoms with Gasteiger partial charge in [-0.15, -0.1) is 0 Å². The number of carbonyl (C=O) groups excluding carboxylic acids is 2. The summed E-state index contributed by atoms with van der Waals surface area (Å²) in [6.45, 7) is 0. The molecule has 0 spiro atoms. The zero-order valence-electron chi connectivity index (χ0n) is 13.2. The summed E-state index contributed by atoms with van der Waals surface area (Å²) in [5, 5.41) is -0.0573. The maximum Gasteiger partial charge on any atom is 0.345 e. The Balaban J connectivity index is 1.74. The van der Waals surface area contributed by atoms with Gasteiger partial charge in [0.2, 0.25) is 0 Å². The predicted octanol–water partition coefficient (Wildman–Crippen LogP) is 5.07. The second kappa shape index (κ2) is 7.45. The van der Waals surface area contributed by atoms with Gasteiger partial charge in [-0.2, -0.15) is 0 Å². The van der Waals surface area contributed by atoms with Crippen molar-refractivity contribution in [3.05, 3.63) is 100 Å². The normalized spacial score (nSPS) is 10.4. The van der Waals surface area contributed by atoms with E-state index in [0.717, 1.165) is 12.1 Å². The first-order chi connectivity index (χ1) is 12.4. The third-order valence-electron chi connectivity index (χ3n) is 3.58. The largest absolute Gasteiger partial charge is 0.423 e. The highest BCUT2D eigenvalue weighted by Crippen LogP contribution is 2.21. The van der Waals surface area contributed by atoms with Crippen molar-refractivity contribution in [2.75, 3.05) is 0 Å². The van der Waals surface area contributed by atoms with Gasteiger partial charge in [-0.1, -0.05) is 11.6 Å². The smallest absolute Gasteiger partial charge is 0.345 e. The molecule has 3 aromatic carbocycles. The molecule has 0 radical (unpaired) electrons. The Kier molecular flexibility index (Phi) is 5.09. The molecule has 26 heavy (non-hydrogen) atoms. The van der Waals surface area contributed by atoms with Crippen LogP contribution >= 0.6 is 11.6 Å². The van der Waals surface area contributed by atoms with Crippen LogP contribution in [-0.4, -0.2) is 11.8 Å². The number of carbonyl (C=O) groups is 2. The third-order valence-corrected chi connectivity index (χ3v) is 3.90. The standard InChI is InChI=1S/C20H11ClF2O3/c21-18-11-15(23)7-10-17(18)20(25)26-16-8-3-13(4-9-16)19(24)12-1-5-14(22)6-2-12/h1-11H. The van der Waals surface area contributed by atoms with E-state index in [2.05, 4.69) is 0 Å². The van der Waals surface area contributed by atoms with Crippen LogP contribution in [0.25, 0.3) is 0 Å². The summed E-state index contributed by atoms with van der Waals surface area (Å²) in [6, 6.07) is 14.4. The Hall–Kier alpha value is -3.05. The molecule has 0 amide bonds. The topological polar surface area (TPSA) is 43.4 Å². The molecule has 0 aromatic heterocycles. The van der Waals surface area contributed by atoms with Crippen LogP contribution in [0.2, 0.25) is 5.02 Å². The first kappa shape index (κ1) is 17.8. The monoisotopic (exact) mass is 372 g/mol. The highest BCUT2D eigenvalue weighted by molar-refractivity contribution is 6.33. The molecular formula is C20H11ClF2O3. The molecule has 0 N–H and O–H groups in total. The fourth-order valence-electron chi connectivity index (χ4n) is 2.26. The van der Waals surface area contributed by atoms with Gasteiger partial charge in [0.1, 0.15) is 17.4 Å². The van der Waals surface area contributed by atoms with E-state index < -0.39 is 17.6 Å². The molecule has 3 nitrogen and oxygen atoms in total. The van der Waals surface area contributed by atoms with Crippen LogP contribution < -0.4 is 4.74 Å². The lowest BCUT2D eigenvalue weighted by molar-refractivity contribution is 0.0735. The second-order valence-corrected chi connectivity index (χ2v) is 5.78. The summed E-state index contributed by atoms with van der Waals surface area (Å²) in [5.74, 6) is -1.82. The lowest BCUT2D eigenvalue weighted by atomic mass is 10.0. The lowest BCUT2D eigenvalue weighted by Crippen LogP contribution is -2.09. The van der Waals surface area contributed by atoms with Crippen molar-refractivity contribution in [3.8, 4) is 5.75 Å². The van der Waals surface area contributed by atoms with Crippen molar-refractivity contribution in [3.63, 3.8) is 0 Å². The average molecular weight is 373 g/mol. The Morgan fingerprint density at radius 2 is 1.31 bits per heavy atom. The molecule has 0 atom stereocenters. The predicted molar refractivity (Wildman–Crippen MR) is 92.6 cm³/mol. The summed E-state index contributed by atoms with van der Waals surface area (Å²) in [5.41, 5.74) is 0.727. The minimum atomic E-state index is -0.743. The Bertz CT molecular complexity index is 967. The first-order valence-electron chi connectivity index (χ1n) is 7.51. The van der Waals surface area contributed by atoms with Crippen molar-refractivity contribution in [1.29, 1.82) is 0 Å². The summed E-state index contributed by atoms with van der Waals surface area (Å²) < 4.78 is 31.1. The Morgan fingerprint density at radius 1 is 0.769 bits per heavy atom. The van der Waals surface area contributed by atoms with Crippen molar-refractivity contribution >= 4 is 23.4 Å². The molecule has 0 saturated heterocycles. The highest BCUT2D eigenvalue weighted by atomic mass is 35.5. The number of ketones is 1. The fraction of sp³-hybridized carbons (Fsp3) is 0. The summed E-state index contributed by atoms with van der Waals surface area (Å²) in [4.78, 5) is 24.4. The number of ether oxygens (including phenoxy) is 1. The second-order valence-electron chi connectivity index (χ2n) is 5.37. The van der Waals surface area contributed by atoms with Crippen LogP contribution in [-0.2, 0) is 0 Å². The van der Waals surface area contributed by atoms with Crippen LogP contribution in [0, 0.1) is 11.6 Å². The molecule has 130 valence electrons. The van der Waals surface area contributed by atoms with E-state index in [9.17, 15) is 18.4 Å². The van der Waals surface area contributed by atoms with Gasteiger partial charge in [-0.25, -0.2) is 13.6 Å². The SMILES string of the molecule is O=C(c1ccc(F)cc1)c1ccc(OC(=O)c2ccc(F)cc2Cl)cc1. The van der Waals surface area contributed by atoms with Crippen LogP contribution in [0.15, 0.2) is 66.7 Å². The molecule has 0 heterocycles. The van der Waals surface area contributed by atoms with Gasteiger partial charge in [0.15, 0.2) is 5.78 Å². The first-order valence-corrected chi connectivity index (χ1v) is 7.89. The van der Waals surface area contributed by atoms with E-state index in [1.54, 1.807) is 0 Å². The molecular weight excluding hydrogens is 362 g/mol. The van der Waals surface area contributed by atoms with Crippen LogP contribution in [0.1, 0.15) is 26.3 Å². The molecule has 3 aromatic rings. The number of esters is 1. The van der Waals surface area contributed by atoms with E-state index in [0.29, 0.717) is 11.1 Å². The molecule has 0 unspecified atom stereocenters. The number of hydrogen-bond acceptors (Lipinski definition) is 3. The van der Waals surface area contributed by atoms with Gasteiger partial charge in [0, 0.05) is 11.1 Å². The molecule has 0 bridgehead atoms. The van der Waals surface area contributed by atoms with E-state index in [-0.39, 0.29) is 22.1 Å². The van der Waals surface area contributed by atoms with Gasteiger partial charge < -0.3 is 4.74 Å².